The number of rotatable bonds is 1. The van der Waals surface area contributed by atoms with Crippen LogP contribution in [0, 0.1) is 0 Å². The van der Waals surface area contributed by atoms with Gasteiger partial charge in [0.1, 0.15) is 5.58 Å². The van der Waals surface area contributed by atoms with E-state index in [9.17, 15) is 4.79 Å². The minimum atomic E-state index is -0.337. The molecule has 0 unspecified atom stereocenters. The van der Waals surface area contributed by atoms with Crippen LogP contribution < -0.4 is 5.63 Å². The Morgan fingerprint density at radius 1 is 0.810 bits per heavy atom. The van der Waals surface area contributed by atoms with Crippen LogP contribution in [0.5, 0.6) is 0 Å². The summed E-state index contributed by atoms with van der Waals surface area (Å²) in [5.74, 6) is 0. The molecule has 0 fully saturated rings. The van der Waals surface area contributed by atoms with Gasteiger partial charge >= 0.3 is 5.63 Å². The van der Waals surface area contributed by atoms with Crippen LogP contribution in [0.15, 0.2) is 75.9 Å². The van der Waals surface area contributed by atoms with Crippen molar-refractivity contribution in [3.63, 3.8) is 0 Å². The smallest absolute Gasteiger partial charge is 0.336 e. The molecule has 0 radical (unpaired) electrons. The lowest BCUT2D eigenvalue weighted by atomic mass is 10.1. The highest BCUT2D eigenvalue weighted by atomic mass is 16.4. The number of pyridine rings is 1. The number of nitrogens with zero attached hydrogens (tertiary/aromatic N) is 1. The second kappa shape index (κ2) is 4.56. The minimum Gasteiger partial charge on any atom is -0.423 e. The summed E-state index contributed by atoms with van der Waals surface area (Å²) in [4.78, 5) is 16.0. The lowest BCUT2D eigenvalue weighted by Gasteiger charge is -2.04. The molecule has 3 heteroatoms. The number of hydrogen-bond donors (Lipinski definition) is 0. The Morgan fingerprint density at radius 3 is 2.48 bits per heavy atom. The molecule has 0 aliphatic carbocycles. The highest BCUT2D eigenvalue weighted by Crippen LogP contribution is 2.24. The number of hydrogen-bond acceptors (Lipinski definition) is 3. The van der Waals surface area contributed by atoms with Crippen molar-refractivity contribution in [1.29, 1.82) is 0 Å². The second-order valence-corrected chi connectivity index (χ2v) is 4.90. The van der Waals surface area contributed by atoms with E-state index in [2.05, 4.69) is 0 Å². The summed E-state index contributed by atoms with van der Waals surface area (Å²) in [6.07, 6.45) is 0. The van der Waals surface area contributed by atoms with Gasteiger partial charge in [0, 0.05) is 22.4 Å². The maximum absolute atomic E-state index is 11.3. The van der Waals surface area contributed by atoms with Gasteiger partial charge in [-0.2, -0.15) is 0 Å². The van der Waals surface area contributed by atoms with E-state index >= 15 is 0 Å². The monoisotopic (exact) mass is 273 g/mol. The molecule has 100 valence electrons. The van der Waals surface area contributed by atoms with Gasteiger partial charge in [-0.3, -0.25) is 0 Å². The van der Waals surface area contributed by atoms with Crippen molar-refractivity contribution in [2.24, 2.45) is 0 Å². The first-order valence-corrected chi connectivity index (χ1v) is 6.70. The normalized spacial score (nSPS) is 11.0. The SMILES string of the molecule is O=c1ccc2cc3nc(-c4ccccc4)ccc3cc2o1. The van der Waals surface area contributed by atoms with Crippen molar-refractivity contribution in [3.05, 3.63) is 77.2 Å². The van der Waals surface area contributed by atoms with Crippen LogP contribution in [-0.4, -0.2) is 4.98 Å². The van der Waals surface area contributed by atoms with Gasteiger partial charge in [-0.25, -0.2) is 9.78 Å². The molecule has 0 saturated heterocycles. The molecule has 0 amide bonds. The van der Waals surface area contributed by atoms with Crippen LogP contribution >= 0.6 is 0 Å². The Labute approximate surface area is 120 Å². The van der Waals surface area contributed by atoms with E-state index in [4.69, 9.17) is 9.40 Å². The zero-order valence-corrected chi connectivity index (χ0v) is 11.1. The van der Waals surface area contributed by atoms with Crippen LogP contribution in [0.25, 0.3) is 33.1 Å². The van der Waals surface area contributed by atoms with Crippen LogP contribution in [0.1, 0.15) is 0 Å². The van der Waals surface area contributed by atoms with E-state index in [1.807, 2.05) is 54.6 Å². The molecular formula is C18H11NO2. The Bertz CT molecular complexity index is 1000. The number of aromatic nitrogens is 1. The van der Waals surface area contributed by atoms with E-state index in [-0.39, 0.29) is 5.63 Å². The van der Waals surface area contributed by atoms with Crippen molar-refractivity contribution in [2.75, 3.05) is 0 Å². The minimum absolute atomic E-state index is 0.337. The summed E-state index contributed by atoms with van der Waals surface area (Å²) in [5.41, 5.74) is 3.15. The van der Waals surface area contributed by atoms with E-state index in [0.717, 1.165) is 27.5 Å². The number of benzene rings is 2. The van der Waals surface area contributed by atoms with Gasteiger partial charge in [-0.1, -0.05) is 36.4 Å². The third-order valence-electron chi connectivity index (χ3n) is 3.50. The van der Waals surface area contributed by atoms with E-state index in [1.54, 1.807) is 6.07 Å². The van der Waals surface area contributed by atoms with Crippen molar-refractivity contribution in [3.8, 4) is 11.3 Å². The van der Waals surface area contributed by atoms with Crippen molar-refractivity contribution in [2.45, 2.75) is 0 Å². The summed E-state index contributed by atoms with van der Waals surface area (Å²) in [6.45, 7) is 0. The van der Waals surface area contributed by atoms with Crippen LogP contribution in [0.2, 0.25) is 0 Å². The van der Waals surface area contributed by atoms with E-state index in [1.165, 1.54) is 6.07 Å². The molecule has 0 spiro atoms. The molecule has 2 aromatic heterocycles. The van der Waals surface area contributed by atoms with Gasteiger partial charge < -0.3 is 4.42 Å². The quantitative estimate of drug-likeness (QED) is 0.389. The van der Waals surface area contributed by atoms with Gasteiger partial charge in [0.2, 0.25) is 0 Å². The Kier molecular flexibility index (Phi) is 2.57. The van der Waals surface area contributed by atoms with Crippen LogP contribution in [-0.2, 0) is 0 Å². The van der Waals surface area contributed by atoms with Crippen LogP contribution in [0.4, 0.5) is 0 Å². The molecule has 0 bridgehead atoms. The third-order valence-corrected chi connectivity index (χ3v) is 3.50. The first-order chi connectivity index (χ1) is 10.3. The first-order valence-electron chi connectivity index (χ1n) is 6.70. The lowest BCUT2D eigenvalue weighted by molar-refractivity contribution is 0.561. The van der Waals surface area contributed by atoms with Crippen LogP contribution in [0.3, 0.4) is 0 Å². The molecule has 4 aromatic rings. The summed E-state index contributed by atoms with van der Waals surface area (Å²) >= 11 is 0. The average Bonchev–Trinajstić information content (AvgIpc) is 2.53. The molecule has 21 heavy (non-hydrogen) atoms. The first kappa shape index (κ1) is 11.9. The van der Waals surface area contributed by atoms with E-state index in [0.29, 0.717) is 5.58 Å². The van der Waals surface area contributed by atoms with Crippen molar-refractivity contribution < 1.29 is 4.42 Å². The Morgan fingerprint density at radius 2 is 1.62 bits per heavy atom. The largest absolute Gasteiger partial charge is 0.423 e. The predicted octanol–water partition coefficient (Wildman–Crippen LogP) is 4.01. The second-order valence-electron chi connectivity index (χ2n) is 4.90. The van der Waals surface area contributed by atoms with Gasteiger partial charge in [-0.15, -0.1) is 0 Å². The molecule has 2 aromatic carbocycles. The molecular weight excluding hydrogens is 262 g/mol. The van der Waals surface area contributed by atoms with Crippen molar-refractivity contribution in [1.82, 2.24) is 4.98 Å². The fourth-order valence-electron chi connectivity index (χ4n) is 2.45. The summed E-state index contributed by atoms with van der Waals surface area (Å²) in [7, 11) is 0. The van der Waals surface area contributed by atoms with Gasteiger partial charge in [0.25, 0.3) is 0 Å². The number of fused-ring (bicyclic) bond motifs is 2. The molecule has 0 aliphatic rings. The molecule has 0 N–H and O–H groups in total. The fraction of sp³-hybridized carbons (Fsp3) is 0. The van der Waals surface area contributed by atoms with Crippen molar-refractivity contribution >= 4 is 21.9 Å². The maximum atomic E-state index is 11.3. The Hall–Kier alpha value is -2.94. The van der Waals surface area contributed by atoms with Gasteiger partial charge in [-0.05, 0) is 24.3 Å². The molecule has 0 aliphatic heterocycles. The zero-order chi connectivity index (χ0) is 14.2. The fourth-order valence-corrected chi connectivity index (χ4v) is 2.45. The Balaban J connectivity index is 1.97. The topological polar surface area (TPSA) is 43.1 Å². The predicted molar refractivity (Wildman–Crippen MR) is 83.2 cm³/mol. The van der Waals surface area contributed by atoms with Gasteiger partial charge in [0.15, 0.2) is 0 Å². The zero-order valence-electron chi connectivity index (χ0n) is 11.1. The lowest BCUT2D eigenvalue weighted by Crippen LogP contribution is -1.94. The summed E-state index contributed by atoms with van der Waals surface area (Å²) in [6, 6.07) is 21.0. The summed E-state index contributed by atoms with van der Waals surface area (Å²) < 4.78 is 5.20. The summed E-state index contributed by atoms with van der Waals surface area (Å²) in [5, 5.41) is 1.83. The molecule has 0 saturated carbocycles. The average molecular weight is 273 g/mol. The van der Waals surface area contributed by atoms with E-state index < -0.39 is 0 Å². The van der Waals surface area contributed by atoms with Gasteiger partial charge in [0.05, 0.1) is 11.2 Å². The third kappa shape index (κ3) is 2.09. The maximum Gasteiger partial charge on any atom is 0.336 e. The highest BCUT2D eigenvalue weighted by molar-refractivity contribution is 5.94. The molecule has 3 nitrogen and oxygen atoms in total. The highest BCUT2D eigenvalue weighted by Gasteiger charge is 2.04. The standard InChI is InChI=1S/C18H11NO2/c20-18-9-7-14-10-16-13(11-17(14)21-18)6-8-15(19-16)12-4-2-1-3-5-12/h1-11H. The molecule has 4 rings (SSSR count). The molecule has 0 atom stereocenters. The molecule has 2 heterocycles.